The number of methoxy groups -OCH3 is 1. The molecular weight excluding hydrogens is 567 g/mol. The monoisotopic (exact) mass is 591 g/mol. The summed E-state index contributed by atoms with van der Waals surface area (Å²) < 4.78 is 9.61. The van der Waals surface area contributed by atoms with Crippen molar-refractivity contribution in [2.45, 2.75) is 38.8 Å². The van der Waals surface area contributed by atoms with Gasteiger partial charge in [-0.1, -0.05) is 6.07 Å². The van der Waals surface area contributed by atoms with Gasteiger partial charge in [0.05, 0.1) is 7.11 Å². The van der Waals surface area contributed by atoms with Crippen LogP contribution >= 0.6 is 0 Å². The molecule has 1 aromatic carbocycles. The second kappa shape index (κ2) is 11.3. The van der Waals surface area contributed by atoms with Crippen LogP contribution in [0.2, 0.25) is 0 Å². The number of phenolic OH excluding ortho intramolecular Hbond substituents is 1. The fraction of sp³-hybridized carbons (Fsp3) is 0.389. The minimum Gasteiger partial charge on any atom is -0.507 e. The number of phenols is 1. The second-order valence-corrected chi connectivity index (χ2v) is 6.55. The molecule has 2 amide bonds. The molecule has 0 unspecified atom stereocenters. The number of alkyl carbamates (subject to hydrolysis) is 1. The summed E-state index contributed by atoms with van der Waals surface area (Å²) in [4.78, 5) is 34.7. The Morgan fingerprint density at radius 1 is 1.30 bits per heavy atom. The first-order valence-electron chi connectivity index (χ1n) is 7.88. The summed E-state index contributed by atoms with van der Waals surface area (Å²) in [6.45, 7) is 5.10. The van der Waals surface area contributed by atoms with Crippen LogP contribution in [-0.2, 0) is 25.5 Å². The Bertz CT molecular complexity index is 712. The molecule has 1 rings (SSSR count). The van der Waals surface area contributed by atoms with Gasteiger partial charge in [-0.3, -0.25) is 4.79 Å². The van der Waals surface area contributed by atoms with Crippen molar-refractivity contribution < 1.29 is 73.0 Å². The van der Waals surface area contributed by atoms with Crippen LogP contribution in [0.15, 0.2) is 24.3 Å². The predicted molar refractivity (Wildman–Crippen MR) is 95.2 cm³/mol. The number of nitrogens with one attached hydrogen (secondary N) is 1. The first-order chi connectivity index (χ1) is 12.0. The van der Waals surface area contributed by atoms with Crippen LogP contribution in [-0.4, -0.2) is 41.8 Å². The molecule has 0 bridgehead atoms. The minimum absolute atomic E-state index is 0. The maximum atomic E-state index is 11.9. The number of primary amides is 1. The van der Waals surface area contributed by atoms with Gasteiger partial charge in [-0.15, -0.1) is 0 Å². The molecule has 145 valence electrons. The number of rotatable bonds is 6. The zero-order chi connectivity index (χ0) is 19.9. The first kappa shape index (κ1) is 25.4. The average molecular weight is 591 g/mol. The van der Waals surface area contributed by atoms with E-state index in [2.05, 4.69) is 10.1 Å². The maximum absolute atomic E-state index is 11.9. The van der Waals surface area contributed by atoms with Gasteiger partial charge < -0.3 is 25.6 Å². The van der Waals surface area contributed by atoms with E-state index in [0.29, 0.717) is 11.1 Å². The largest absolute Gasteiger partial charge is 0.507 e. The van der Waals surface area contributed by atoms with Crippen molar-refractivity contribution in [1.82, 2.24) is 5.32 Å². The van der Waals surface area contributed by atoms with Crippen molar-refractivity contribution in [1.29, 1.82) is 0 Å². The van der Waals surface area contributed by atoms with E-state index in [1.54, 1.807) is 32.9 Å². The van der Waals surface area contributed by atoms with E-state index in [1.807, 2.05) is 0 Å². The molecule has 27 heavy (non-hydrogen) atoms. The third kappa shape index (κ3) is 9.78. The van der Waals surface area contributed by atoms with Crippen LogP contribution < -0.4 is 11.1 Å². The average Bonchev–Trinajstić information content (AvgIpc) is 2.52. The van der Waals surface area contributed by atoms with Crippen molar-refractivity contribution in [2.24, 2.45) is 5.73 Å². The van der Waals surface area contributed by atoms with Gasteiger partial charge in [0, 0.05) is 62.1 Å². The molecule has 0 aliphatic heterocycles. The number of carbonyl (C=O) groups excluding carboxylic acids is 3. The summed E-state index contributed by atoms with van der Waals surface area (Å²) in [6, 6.07) is 3.57. The van der Waals surface area contributed by atoms with Crippen molar-refractivity contribution in [3.8, 4) is 5.75 Å². The Kier molecular flexibility index (Phi) is 10.6. The molecule has 9 heteroatoms. The third-order valence-electron chi connectivity index (χ3n) is 3.17. The van der Waals surface area contributed by atoms with E-state index in [0.717, 1.165) is 6.08 Å². The van der Waals surface area contributed by atoms with Gasteiger partial charge in [-0.25, -0.2) is 9.59 Å². The smallest absolute Gasteiger partial charge is 0.408 e. The fourth-order valence-corrected chi connectivity index (χ4v) is 2.00. The SMILES string of the molecule is COC(=O)/C=C/c1cc(C[C@H](NC(=O)OC(C)(C)C)C(N)=O)ccc1O.[Ac]. The van der Waals surface area contributed by atoms with Crippen LogP contribution in [0.1, 0.15) is 31.9 Å². The van der Waals surface area contributed by atoms with Crippen molar-refractivity contribution >= 4 is 24.0 Å². The molecule has 0 spiro atoms. The maximum Gasteiger partial charge on any atom is 0.408 e. The van der Waals surface area contributed by atoms with Crippen molar-refractivity contribution in [3.05, 3.63) is 35.4 Å². The summed E-state index contributed by atoms with van der Waals surface area (Å²) in [5.74, 6) is -1.35. The number of ether oxygens (including phenoxy) is 2. The molecule has 1 radical (unpaired) electrons. The second-order valence-electron chi connectivity index (χ2n) is 6.55. The zero-order valence-electron chi connectivity index (χ0n) is 15.8. The van der Waals surface area contributed by atoms with Crippen LogP contribution in [0.25, 0.3) is 6.08 Å². The molecule has 0 aromatic heterocycles. The molecule has 0 saturated heterocycles. The van der Waals surface area contributed by atoms with Gasteiger partial charge >= 0.3 is 12.1 Å². The Hall–Kier alpha value is -1.59. The summed E-state index contributed by atoms with van der Waals surface area (Å²) >= 11 is 0. The van der Waals surface area contributed by atoms with Crippen LogP contribution in [0.5, 0.6) is 5.75 Å². The van der Waals surface area contributed by atoms with Crippen LogP contribution in [0.4, 0.5) is 4.79 Å². The van der Waals surface area contributed by atoms with Crippen LogP contribution in [0, 0.1) is 44.1 Å². The molecule has 1 atom stereocenters. The molecule has 0 fully saturated rings. The van der Waals surface area contributed by atoms with Gasteiger partial charge in [0.15, 0.2) is 0 Å². The van der Waals surface area contributed by atoms with Gasteiger partial charge in [0.25, 0.3) is 0 Å². The Morgan fingerprint density at radius 3 is 2.44 bits per heavy atom. The normalized spacial score (nSPS) is 12.0. The van der Waals surface area contributed by atoms with E-state index >= 15 is 0 Å². The summed E-state index contributed by atoms with van der Waals surface area (Å²) in [6.07, 6.45) is 1.87. The molecule has 0 heterocycles. The van der Waals surface area contributed by atoms with Gasteiger partial charge in [-0.05, 0) is 44.5 Å². The number of carbonyl (C=O) groups is 3. The fourth-order valence-electron chi connectivity index (χ4n) is 2.00. The number of nitrogens with two attached hydrogens (primary N) is 1. The molecule has 8 nitrogen and oxygen atoms in total. The van der Waals surface area contributed by atoms with E-state index in [9.17, 15) is 19.5 Å². The topological polar surface area (TPSA) is 128 Å². The predicted octanol–water partition coefficient (Wildman–Crippen LogP) is 1.50. The number of esters is 1. The molecule has 1 aromatic rings. The van der Waals surface area contributed by atoms with E-state index in [4.69, 9.17) is 10.5 Å². The van der Waals surface area contributed by atoms with Crippen LogP contribution in [0.3, 0.4) is 0 Å². The molecular formula is C18H24AcN2O6. The standard InChI is InChI=1S/C18H24N2O6.Ac/c1-18(2,3)26-17(24)20-13(16(19)23)10-11-5-7-14(21)12(9-11)6-8-15(22)25-4;/h5-9,13,21H,10H2,1-4H3,(H2,19,23)(H,20,24);/b8-6+;/t13-;/m0./s1. The van der Waals surface area contributed by atoms with Gasteiger partial charge in [-0.2, -0.15) is 0 Å². The van der Waals surface area contributed by atoms with Gasteiger partial charge in [0.2, 0.25) is 5.91 Å². The molecule has 0 aliphatic rings. The first-order valence-corrected chi connectivity index (χ1v) is 7.88. The Morgan fingerprint density at radius 2 is 1.93 bits per heavy atom. The minimum atomic E-state index is -0.994. The van der Waals surface area contributed by atoms with Crippen molar-refractivity contribution in [2.75, 3.05) is 7.11 Å². The number of aromatic hydroxyl groups is 1. The summed E-state index contributed by atoms with van der Waals surface area (Å²) in [5.41, 5.74) is 5.61. The molecule has 0 saturated carbocycles. The zero-order valence-corrected chi connectivity index (χ0v) is 20.6. The number of benzene rings is 1. The number of hydrogen-bond donors (Lipinski definition) is 3. The number of hydrogen-bond acceptors (Lipinski definition) is 6. The Balaban J connectivity index is 0.00000676. The summed E-state index contributed by atoms with van der Waals surface area (Å²) in [5, 5.41) is 12.3. The third-order valence-corrected chi connectivity index (χ3v) is 3.17. The molecule has 4 N–H and O–H groups in total. The number of amides is 2. The van der Waals surface area contributed by atoms with E-state index in [-0.39, 0.29) is 56.2 Å². The van der Waals surface area contributed by atoms with Gasteiger partial charge in [0.1, 0.15) is 17.4 Å². The van der Waals surface area contributed by atoms with Crippen molar-refractivity contribution in [3.63, 3.8) is 0 Å². The Labute approximate surface area is 194 Å². The van der Waals surface area contributed by atoms with E-state index in [1.165, 1.54) is 19.3 Å². The molecule has 0 aliphatic carbocycles. The quantitative estimate of drug-likeness (QED) is 0.340. The summed E-state index contributed by atoms with van der Waals surface area (Å²) in [7, 11) is 1.24. The van der Waals surface area contributed by atoms with E-state index < -0.39 is 29.6 Å².